The number of amides is 1. The number of carbonyl (C=O) groups excluding carboxylic acids is 1. The van der Waals surface area contributed by atoms with Gasteiger partial charge >= 0.3 is 0 Å². The Morgan fingerprint density at radius 2 is 1.76 bits per heavy atom. The first kappa shape index (κ1) is 16.9. The fourth-order valence-corrected chi connectivity index (χ4v) is 2.91. The van der Waals surface area contributed by atoms with Crippen molar-refractivity contribution < 1.29 is 18.7 Å². The first-order valence-electron chi connectivity index (χ1n) is 7.35. The van der Waals surface area contributed by atoms with Gasteiger partial charge in [0.05, 0.1) is 25.5 Å². The zero-order valence-corrected chi connectivity index (χ0v) is 14.4. The highest BCUT2D eigenvalue weighted by Gasteiger charge is 2.15. The minimum Gasteiger partial charge on any atom is -0.497 e. The molecule has 1 amide bonds. The fraction of sp³-hybridized carbons (Fsp3) is 0.111. The monoisotopic (exact) mass is 358 g/mol. The van der Waals surface area contributed by atoms with E-state index in [0.717, 1.165) is 17.0 Å². The molecule has 2 aromatic carbocycles. The Balaban J connectivity index is 1.75. The van der Waals surface area contributed by atoms with Crippen LogP contribution in [0, 0.1) is 5.82 Å². The number of carbonyl (C=O) groups is 1. The summed E-state index contributed by atoms with van der Waals surface area (Å²) in [6.45, 7) is 0. The average Bonchev–Trinajstić information content (AvgIpc) is 3.10. The molecule has 0 radical (unpaired) electrons. The lowest BCUT2D eigenvalue weighted by atomic mass is 10.2. The minimum absolute atomic E-state index is 0.0676. The minimum atomic E-state index is -0.649. The normalized spacial score (nSPS) is 10.4. The molecule has 1 N–H and O–H groups in total. The first-order chi connectivity index (χ1) is 12.1. The number of nitrogens with one attached hydrogen (secondary N) is 1. The van der Waals surface area contributed by atoms with Crippen LogP contribution in [0.1, 0.15) is 10.4 Å². The molecule has 0 saturated carbocycles. The first-order valence-corrected chi connectivity index (χ1v) is 8.23. The summed E-state index contributed by atoms with van der Waals surface area (Å²) >= 11 is 1.27. The Morgan fingerprint density at radius 1 is 1.08 bits per heavy atom. The third-order valence-corrected chi connectivity index (χ3v) is 4.29. The molecule has 25 heavy (non-hydrogen) atoms. The van der Waals surface area contributed by atoms with Crippen molar-refractivity contribution in [2.24, 2.45) is 0 Å². The van der Waals surface area contributed by atoms with Gasteiger partial charge in [-0.25, -0.2) is 9.37 Å². The SMILES string of the molecule is COc1ccc(-c2csc(NC(=O)c3ccc(OC)cc3F)n2)cc1. The zero-order valence-electron chi connectivity index (χ0n) is 13.6. The number of hydrogen-bond acceptors (Lipinski definition) is 5. The van der Waals surface area contributed by atoms with Crippen LogP contribution >= 0.6 is 11.3 Å². The second-order valence-electron chi connectivity index (χ2n) is 5.07. The van der Waals surface area contributed by atoms with Crippen LogP contribution < -0.4 is 14.8 Å². The van der Waals surface area contributed by atoms with Crippen LogP contribution in [0.15, 0.2) is 47.8 Å². The van der Waals surface area contributed by atoms with Crippen LogP contribution in [-0.4, -0.2) is 25.1 Å². The number of halogens is 1. The molecule has 128 valence electrons. The summed E-state index contributed by atoms with van der Waals surface area (Å²) in [5.74, 6) is -0.104. The largest absolute Gasteiger partial charge is 0.497 e. The van der Waals surface area contributed by atoms with Crippen molar-refractivity contribution in [3.63, 3.8) is 0 Å². The van der Waals surface area contributed by atoms with Gasteiger partial charge in [0, 0.05) is 17.0 Å². The summed E-state index contributed by atoms with van der Waals surface area (Å²) in [4.78, 5) is 16.6. The van der Waals surface area contributed by atoms with Gasteiger partial charge in [0.15, 0.2) is 5.13 Å². The van der Waals surface area contributed by atoms with Gasteiger partial charge in [-0.3, -0.25) is 10.1 Å². The van der Waals surface area contributed by atoms with Crippen molar-refractivity contribution in [1.29, 1.82) is 0 Å². The lowest BCUT2D eigenvalue weighted by molar-refractivity contribution is 0.102. The zero-order chi connectivity index (χ0) is 17.8. The van der Waals surface area contributed by atoms with Crippen molar-refractivity contribution in [1.82, 2.24) is 4.98 Å². The molecule has 0 aliphatic heterocycles. The van der Waals surface area contributed by atoms with Gasteiger partial charge in [0.25, 0.3) is 5.91 Å². The van der Waals surface area contributed by atoms with Crippen LogP contribution in [0.2, 0.25) is 0 Å². The number of anilines is 1. The molecule has 1 heterocycles. The predicted octanol–water partition coefficient (Wildman–Crippen LogP) is 4.22. The number of nitrogens with zero attached hydrogens (tertiary/aromatic N) is 1. The van der Waals surface area contributed by atoms with Gasteiger partial charge < -0.3 is 9.47 Å². The van der Waals surface area contributed by atoms with Gasteiger partial charge in [-0.05, 0) is 36.4 Å². The van der Waals surface area contributed by atoms with Crippen LogP contribution in [0.25, 0.3) is 11.3 Å². The van der Waals surface area contributed by atoms with Gasteiger partial charge in [0.2, 0.25) is 0 Å². The third kappa shape index (κ3) is 3.77. The summed E-state index contributed by atoms with van der Waals surface area (Å²) in [5, 5.41) is 4.83. The highest BCUT2D eigenvalue weighted by molar-refractivity contribution is 7.14. The van der Waals surface area contributed by atoms with Crippen molar-refractivity contribution in [2.45, 2.75) is 0 Å². The molecule has 0 aliphatic rings. The molecule has 0 bridgehead atoms. The van der Waals surface area contributed by atoms with E-state index in [9.17, 15) is 9.18 Å². The molecule has 0 saturated heterocycles. The van der Waals surface area contributed by atoms with Crippen LogP contribution in [0.5, 0.6) is 11.5 Å². The summed E-state index contributed by atoms with van der Waals surface area (Å²) in [5.41, 5.74) is 1.55. The van der Waals surface area contributed by atoms with Crippen LogP contribution in [-0.2, 0) is 0 Å². The van der Waals surface area contributed by atoms with Gasteiger partial charge in [-0.2, -0.15) is 0 Å². The van der Waals surface area contributed by atoms with E-state index in [4.69, 9.17) is 9.47 Å². The van der Waals surface area contributed by atoms with E-state index in [2.05, 4.69) is 10.3 Å². The number of aromatic nitrogens is 1. The van der Waals surface area contributed by atoms with E-state index in [1.807, 2.05) is 29.6 Å². The maximum atomic E-state index is 14.0. The summed E-state index contributed by atoms with van der Waals surface area (Å²) < 4.78 is 24.0. The predicted molar refractivity (Wildman–Crippen MR) is 95.0 cm³/mol. The topological polar surface area (TPSA) is 60.5 Å². The maximum Gasteiger partial charge on any atom is 0.260 e. The molecular weight excluding hydrogens is 343 g/mol. The number of rotatable bonds is 5. The molecule has 3 aromatic rings. The van der Waals surface area contributed by atoms with E-state index in [0.29, 0.717) is 10.9 Å². The standard InChI is InChI=1S/C18H15FN2O3S/c1-23-12-5-3-11(4-6-12)16-10-25-18(20-16)21-17(22)14-8-7-13(24-2)9-15(14)19/h3-10H,1-2H3,(H,20,21,22). The Hall–Kier alpha value is -2.93. The fourth-order valence-electron chi connectivity index (χ4n) is 2.20. The third-order valence-electron chi connectivity index (χ3n) is 3.53. The second-order valence-corrected chi connectivity index (χ2v) is 5.92. The Bertz CT molecular complexity index is 894. The number of ether oxygens (including phenoxy) is 2. The number of methoxy groups -OCH3 is 2. The van der Waals surface area contributed by atoms with Gasteiger partial charge in [-0.1, -0.05) is 0 Å². The quantitative estimate of drug-likeness (QED) is 0.742. The molecule has 0 fully saturated rings. The molecule has 7 heteroatoms. The smallest absolute Gasteiger partial charge is 0.260 e. The van der Waals surface area contributed by atoms with Crippen molar-refractivity contribution in [3.05, 3.63) is 59.2 Å². The molecule has 0 atom stereocenters. The van der Waals surface area contributed by atoms with Gasteiger partial charge in [-0.15, -0.1) is 11.3 Å². The van der Waals surface area contributed by atoms with Crippen molar-refractivity contribution >= 4 is 22.4 Å². The van der Waals surface area contributed by atoms with Crippen LogP contribution in [0.4, 0.5) is 9.52 Å². The van der Waals surface area contributed by atoms with E-state index in [-0.39, 0.29) is 5.56 Å². The van der Waals surface area contributed by atoms with Crippen molar-refractivity contribution in [3.8, 4) is 22.8 Å². The van der Waals surface area contributed by atoms with E-state index in [1.54, 1.807) is 7.11 Å². The number of thiazole rings is 1. The number of benzene rings is 2. The summed E-state index contributed by atoms with van der Waals surface area (Å²) in [6.07, 6.45) is 0. The molecule has 5 nitrogen and oxygen atoms in total. The molecule has 0 aliphatic carbocycles. The summed E-state index contributed by atoms with van der Waals surface area (Å²) in [7, 11) is 3.04. The maximum absolute atomic E-state index is 14.0. The number of hydrogen-bond donors (Lipinski definition) is 1. The van der Waals surface area contributed by atoms with Crippen LogP contribution in [0.3, 0.4) is 0 Å². The molecule has 0 spiro atoms. The highest BCUT2D eigenvalue weighted by Crippen LogP contribution is 2.27. The van der Waals surface area contributed by atoms with E-state index >= 15 is 0 Å². The summed E-state index contributed by atoms with van der Waals surface area (Å²) in [6, 6.07) is 11.5. The van der Waals surface area contributed by atoms with Gasteiger partial charge in [0.1, 0.15) is 17.3 Å². The van der Waals surface area contributed by atoms with E-state index in [1.165, 1.54) is 36.6 Å². The molecule has 0 unspecified atom stereocenters. The van der Waals surface area contributed by atoms with Crippen molar-refractivity contribution in [2.75, 3.05) is 19.5 Å². The molecular formula is C18H15FN2O3S. The Kier molecular flexibility index (Phi) is 4.95. The molecule has 1 aromatic heterocycles. The lowest BCUT2D eigenvalue weighted by Gasteiger charge is -2.05. The second kappa shape index (κ2) is 7.31. The lowest BCUT2D eigenvalue weighted by Crippen LogP contribution is -2.13. The Morgan fingerprint density at radius 3 is 2.40 bits per heavy atom. The average molecular weight is 358 g/mol. The molecule has 3 rings (SSSR count). The van der Waals surface area contributed by atoms with E-state index < -0.39 is 11.7 Å². The Labute approximate surface area is 148 Å². The highest BCUT2D eigenvalue weighted by atomic mass is 32.1.